The molecule has 3 N–H and O–H groups in total. The van der Waals surface area contributed by atoms with Crippen LogP contribution >= 0.6 is 11.3 Å². The first-order valence-corrected chi connectivity index (χ1v) is 15.7. The van der Waals surface area contributed by atoms with Gasteiger partial charge in [-0.15, -0.1) is 11.3 Å². The van der Waals surface area contributed by atoms with Crippen LogP contribution in [0.5, 0.6) is 5.75 Å². The molecule has 8 nitrogen and oxygen atoms in total. The van der Waals surface area contributed by atoms with E-state index in [-0.39, 0.29) is 16.6 Å². The number of anilines is 1. The quantitative estimate of drug-likeness (QED) is 0.224. The third-order valence-corrected chi connectivity index (χ3v) is 10.7. The monoisotopic (exact) mass is 585 g/mol. The Labute approximate surface area is 248 Å². The first-order valence-electron chi connectivity index (χ1n) is 14.9. The number of rotatable bonds is 6. The van der Waals surface area contributed by atoms with Crippen molar-refractivity contribution in [1.29, 1.82) is 0 Å². The highest BCUT2D eigenvalue weighted by Crippen LogP contribution is 2.44. The third kappa shape index (κ3) is 4.68. The topological polar surface area (TPSA) is 114 Å². The fourth-order valence-corrected chi connectivity index (χ4v) is 7.96. The highest BCUT2D eigenvalue weighted by molar-refractivity contribution is 7.18. The highest BCUT2D eigenvalue weighted by Gasteiger charge is 2.45. The molecule has 2 aromatic heterocycles. The molecule has 3 aliphatic rings. The van der Waals surface area contributed by atoms with Crippen LogP contribution in [0.2, 0.25) is 0 Å². The van der Waals surface area contributed by atoms with E-state index < -0.39 is 17.6 Å². The minimum Gasteiger partial charge on any atom is -0.477 e. The molecule has 0 radical (unpaired) electrons. The predicted molar refractivity (Wildman–Crippen MR) is 163 cm³/mol. The average Bonchev–Trinajstić information content (AvgIpc) is 3.60. The maximum absolute atomic E-state index is 14.1. The number of nitrogens with one attached hydrogen (secondary N) is 1. The van der Waals surface area contributed by atoms with Crippen LogP contribution in [0.1, 0.15) is 68.0 Å². The molecule has 7 rings (SSSR count). The Morgan fingerprint density at radius 1 is 1.05 bits per heavy atom. The summed E-state index contributed by atoms with van der Waals surface area (Å²) in [7, 11) is 0. The van der Waals surface area contributed by atoms with E-state index in [9.17, 15) is 19.8 Å². The van der Waals surface area contributed by atoms with Crippen LogP contribution in [-0.2, 0) is 11.5 Å². The molecule has 2 aliphatic carbocycles. The van der Waals surface area contributed by atoms with Gasteiger partial charge in [-0.1, -0.05) is 38.0 Å². The molecule has 0 saturated heterocycles. The number of imidazole rings is 1. The number of benzene rings is 2. The zero-order valence-corrected chi connectivity index (χ0v) is 24.5. The number of Topliss-reactive ketones (excluding diaryl/α,β-unsaturated/α-hetero) is 1. The number of thiophene rings is 1. The SMILES string of the molecule is CC1CCC(C(=O)C2(Nc3cc(-c4ccc5c(c4)OCn4c-5nc5ccccc54)sc3C(=O)O)CCC(O)CC2)CC1. The van der Waals surface area contributed by atoms with Gasteiger partial charge >= 0.3 is 5.97 Å². The average molecular weight is 586 g/mol. The van der Waals surface area contributed by atoms with Gasteiger partial charge in [-0.3, -0.25) is 9.36 Å². The number of hydrogen-bond acceptors (Lipinski definition) is 7. The van der Waals surface area contributed by atoms with Crippen LogP contribution in [0.15, 0.2) is 48.5 Å². The van der Waals surface area contributed by atoms with Gasteiger partial charge in [0.25, 0.3) is 0 Å². The summed E-state index contributed by atoms with van der Waals surface area (Å²) in [6, 6.07) is 15.7. The summed E-state index contributed by atoms with van der Waals surface area (Å²) in [4.78, 5) is 32.3. The molecule has 0 atom stereocenters. The largest absolute Gasteiger partial charge is 0.477 e. The Morgan fingerprint density at radius 3 is 2.57 bits per heavy atom. The van der Waals surface area contributed by atoms with E-state index in [1.54, 1.807) is 0 Å². The number of aliphatic hydroxyl groups excluding tert-OH is 1. The smallest absolute Gasteiger partial charge is 0.348 e. The molecule has 2 fully saturated rings. The van der Waals surface area contributed by atoms with Gasteiger partial charge in [0, 0.05) is 10.8 Å². The van der Waals surface area contributed by atoms with Crippen molar-refractivity contribution in [2.45, 2.75) is 76.7 Å². The number of carboxylic acids is 1. The Balaban J connectivity index is 1.22. The Bertz CT molecular complexity index is 1670. The second kappa shape index (κ2) is 10.5. The summed E-state index contributed by atoms with van der Waals surface area (Å²) in [5, 5.41) is 23.9. The Kier molecular flexibility index (Phi) is 6.82. The molecule has 3 heterocycles. The lowest BCUT2D eigenvalue weighted by atomic mass is 9.69. The number of aromatic carboxylic acids is 1. The highest BCUT2D eigenvalue weighted by atomic mass is 32.1. The van der Waals surface area contributed by atoms with Crippen molar-refractivity contribution in [3.05, 3.63) is 53.4 Å². The standard InChI is InChI=1S/C33H35N3O5S/c1-19-6-8-20(9-7-19)30(38)33(14-12-22(37)13-15-33)35-25-17-28(42-29(25)32(39)40)21-10-11-23-27(16-21)41-18-36-26-5-3-2-4-24(26)34-31(23)36/h2-5,10-11,16-17,19-20,22,35,37H,6-9,12-15,18H2,1H3,(H,39,40). The molecule has 1 aliphatic heterocycles. The van der Waals surface area contributed by atoms with Crippen LogP contribution in [0.25, 0.3) is 32.9 Å². The van der Waals surface area contributed by atoms with Crippen molar-refractivity contribution in [1.82, 2.24) is 9.55 Å². The first kappa shape index (κ1) is 27.2. The summed E-state index contributed by atoms with van der Waals surface area (Å²) in [5.74, 6) is 1.30. The molecule has 0 spiro atoms. The van der Waals surface area contributed by atoms with Crippen molar-refractivity contribution in [2.75, 3.05) is 5.32 Å². The van der Waals surface area contributed by atoms with Gasteiger partial charge in [-0.05, 0) is 80.3 Å². The molecular weight excluding hydrogens is 550 g/mol. The summed E-state index contributed by atoms with van der Waals surface area (Å²) in [6.45, 7) is 2.58. The van der Waals surface area contributed by atoms with E-state index in [0.29, 0.717) is 49.8 Å². The van der Waals surface area contributed by atoms with Gasteiger partial charge in [-0.25, -0.2) is 9.78 Å². The number of aliphatic hydroxyl groups is 1. The number of carbonyl (C=O) groups is 2. The van der Waals surface area contributed by atoms with Crippen LogP contribution < -0.4 is 10.1 Å². The normalized spacial score (nSPS) is 25.3. The first-order chi connectivity index (χ1) is 20.3. The summed E-state index contributed by atoms with van der Waals surface area (Å²) < 4.78 is 8.20. The van der Waals surface area contributed by atoms with Crippen molar-refractivity contribution >= 4 is 39.8 Å². The van der Waals surface area contributed by atoms with Crippen LogP contribution in [0.4, 0.5) is 5.69 Å². The zero-order chi connectivity index (χ0) is 29.0. The van der Waals surface area contributed by atoms with Gasteiger partial charge in [0.2, 0.25) is 0 Å². The third-order valence-electron chi connectivity index (χ3n) is 9.48. The molecule has 2 aromatic carbocycles. The van der Waals surface area contributed by atoms with Crippen LogP contribution in [0, 0.1) is 11.8 Å². The van der Waals surface area contributed by atoms with Gasteiger partial charge in [0.1, 0.15) is 16.5 Å². The Morgan fingerprint density at radius 2 is 1.81 bits per heavy atom. The van der Waals surface area contributed by atoms with Crippen LogP contribution in [-0.4, -0.2) is 43.2 Å². The van der Waals surface area contributed by atoms with Gasteiger partial charge in [-0.2, -0.15) is 0 Å². The van der Waals surface area contributed by atoms with Gasteiger partial charge < -0.3 is 20.3 Å². The molecule has 4 aromatic rings. The summed E-state index contributed by atoms with van der Waals surface area (Å²) in [6.07, 6.45) is 5.42. The van der Waals surface area contributed by atoms with E-state index >= 15 is 0 Å². The zero-order valence-electron chi connectivity index (χ0n) is 23.6. The maximum Gasteiger partial charge on any atom is 0.348 e. The molecule has 0 bridgehead atoms. The number of nitrogens with zero attached hydrogens (tertiary/aromatic N) is 2. The molecule has 218 valence electrons. The minimum absolute atomic E-state index is 0.0303. The second-order valence-electron chi connectivity index (χ2n) is 12.3. The van der Waals surface area contributed by atoms with E-state index in [1.807, 2.05) is 48.5 Å². The number of fused-ring (bicyclic) bond motifs is 5. The fourth-order valence-electron chi connectivity index (χ4n) is 7.01. The molecule has 9 heteroatoms. The van der Waals surface area contributed by atoms with Gasteiger partial charge in [0.15, 0.2) is 12.5 Å². The number of para-hydroxylation sites is 2. The van der Waals surface area contributed by atoms with Crippen LogP contribution in [0.3, 0.4) is 0 Å². The van der Waals surface area contributed by atoms with Crippen molar-refractivity contribution in [2.24, 2.45) is 11.8 Å². The molecule has 42 heavy (non-hydrogen) atoms. The number of hydrogen-bond donors (Lipinski definition) is 3. The lowest BCUT2D eigenvalue weighted by Crippen LogP contribution is -2.53. The van der Waals surface area contributed by atoms with Crippen molar-refractivity contribution < 1.29 is 24.5 Å². The molecule has 0 unspecified atom stereocenters. The van der Waals surface area contributed by atoms with Crippen molar-refractivity contribution in [3.63, 3.8) is 0 Å². The number of aromatic nitrogens is 2. The molecular formula is C33H35N3O5S. The summed E-state index contributed by atoms with van der Waals surface area (Å²) >= 11 is 1.20. The van der Waals surface area contributed by atoms with Gasteiger partial charge in [0.05, 0.1) is 33.9 Å². The van der Waals surface area contributed by atoms with E-state index in [1.165, 1.54) is 11.3 Å². The number of ketones is 1. The maximum atomic E-state index is 14.1. The fraction of sp³-hybridized carbons (Fsp3) is 0.424. The van der Waals surface area contributed by atoms with Crippen molar-refractivity contribution in [3.8, 4) is 27.6 Å². The Hall–Kier alpha value is -3.69. The number of ether oxygens (including phenoxy) is 1. The van der Waals surface area contributed by atoms with E-state index in [4.69, 9.17) is 9.72 Å². The minimum atomic E-state index is -1.03. The second-order valence-corrected chi connectivity index (χ2v) is 13.3. The summed E-state index contributed by atoms with van der Waals surface area (Å²) in [5.41, 5.74) is 3.27. The van der Waals surface area contributed by atoms with E-state index in [2.05, 4.69) is 16.8 Å². The molecule has 2 saturated carbocycles. The lowest BCUT2D eigenvalue weighted by molar-refractivity contribution is -0.130. The van der Waals surface area contributed by atoms with E-state index in [0.717, 1.165) is 58.5 Å². The predicted octanol–water partition coefficient (Wildman–Crippen LogP) is 6.96. The lowest BCUT2D eigenvalue weighted by Gasteiger charge is -2.42. The number of carboxylic acid groups (broad SMARTS) is 1. The number of carbonyl (C=O) groups excluding carboxylic acids is 1. The molecule has 0 amide bonds.